The summed E-state index contributed by atoms with van der Waals surface area (Å²) in [4.78, 5) is 12.9. The normalized spacial score (nSPS) is 10.3. The average molecular weight is 221 g/mol. The Balaban J connectivity index is 2.25. The van der Waals surface area contributed by atoms with E-state index in [1.54, 1.807) is 20.3 Å². The van der Waals surface area contributed by atoms with Gasteiger partial charge in [-0.1, -0.05) is 0 Å². The number of rotatable bonds is 1. The van der Waals surface area contributed by atoms with Crippen LogP contribution in [-0.4, -0.2) is 29.4 Å². The third-order valence-electron chi connectivity index (χ3n) is 2.01. The van der Waals surface area contributed by atoms with Crippen molar-refractivity contribution < 1.29 is 4.79 Å². The van der Waals surface area contributed by atoms with E-state index in [1.807, 2.05) is 18.2 Å². The molecule has 0 radical (unpaired) electrons. The molecule has 0 aliphatic rings. The summed E-state index contributed by atoms with van der Waals surface area (Å²) in [6.07, 6.45) is 1.80. The monoisotopic (exact) mass is 221 g/mol. The smallest absolute Gasteiger partial charge is 0.321 e. The number of anilines is 1. The molecule has 4 nitrogen and oxygen atoms in total. The molecular weight excluding hydrogens is 210 g/mol. The van der Waals surface area contributed by atoms with Crippen LogP contribution >= 0.6 is 11.5 Å². The van der Waals surface area contributed by atoms with E-state index in [9.17, 15) is 4.79 Å². The number of carbonyl (C=O) groups excluding carboxylic acids is 1. The maximum absolute atomic E-state index is 11.4. The van der Waals surface area contributed by atoms with Crippen molar-refractivity contribution in [3.05, 3.63) is 24.4 Å². The van der Waals surface area contributed by atoms with Gasteiger partial charge >= 0.3 is 6.03 Å². The van der Waals surface area contributed by atoms with Gasteiger partial charge in [0.15, 0.2) is 0 Å². The van der Waals surface area contributed by atoms with Gasteiger partial charge in [0.25, 0.3) is 0 Å². The lowest BCUT2D eigenvalue weighted by Crippen LogP contribution is -2.27. The van der Waals surface area contributed by atoms with Gasteiger partial charge in [-0.25, -0.2) is 4.79 Å². The Kier molecular flexibility index (Phi) is 2.55. The van der Waals surface area contributed by atoms with Crippen LogP contribution in [0.15, 0.2) is 24.4 Å². The number of amides is 2. The molecule has 0 unspecified atom stereocenters. The van der Waals surface area contributed by atoms with Crippen LogP contribution in [0.3, 0.4) is 0 Å². The third kappa shape index (κ3) is 2.07. The van der Waals surface area contributed by atoms with Crippen molar-refractivity contribution in [1.29, 1.82) is 0 Å². The number of hydrogen-bond acceptors (Lipinski definition) is 3. The van der Waals surface area contributed by atoms with E-state index < -0.39 is 0 Å². The highest BCUT2D eigenvalue weighted by atomic mass is 32.1. The van der Waals surface area contributed by atoms with Crippen molar-refractivity contribution in [2.45, 2.75) is 0 Å². The van der Waals surface area contributed by atoms with E-state index in [4.69, 9.17) is 0 Å². The highest BCUT2D eigenvalue weighted by molar-refractivity contribution is 7.13. The molecule has 2 amide bonds. The van der Waals surface area contributed by atoms with Crippen molar-refractivity contribution >= 4 is 33.3 Å². The van der Waals surface area contributed by atoms with Gasteiger partial charge in [-0.2, -0.15) is 4.37 Å². The van der Waals surface area contributed by atoms with Gasteiger partial charge in [0.2, 0.25) is 0 Å². The van der Waals surface area contributed by atoms with Crippen molar-refractivity contribution in [1.82, 2.24) is 9.27 Å². The molecule has 0 aliphatic carbocycles. The lowest BCUT2D eigenvalue weighted by atomic mass is 10.2. The van der Waals surface area contributed by atoms with Gasteiger partial charge in [0.1, 0.15) is 0 Å². The Morgan fingerprint density at radius 1 is 1.47 bits per heavy atom. The lowest BCUT2D eigenvalue weighted by Gasteiger charge is -2.11. The van der Waals surface area contributed by atoms with Crippen molar-refractivity contribution in [2.75, 3.05) is 19.4 Å². The molecule has 0 spiro atoms. The van der Waals surface area contributed by atoms with Crippen LogP contribution in [0.25, 0.3) is 10.1 Å². The summed E-state index contributed by atoms with van der Waals surface area (Å²) in [6.45, 7) is 0. The summed E-state index contributed by atoms with van der Waals surface area (Å²) >= 11 is 1.45. The first kappa shape index (κ1) is 9.92. The number of hydrogen-bond donors (Lipinski definition) is 1. The molecule has 0 fully saturated rings. The Hall–Kier alpha value is -1.62. The standard InChI is InChI=1S/C10H11N3OS/c1-13(2)10(14)12-8-3-4-9-7(5-8)6-11-15-9/h3-6H,1-2H3,(H,12,14). The molecule has 0 atom stereocenters. The summed E-state index contributed by atoms with van der Waals surface area (Å²) in [5, 5.41) is 3.84. The minimum Gasteiger partial charge on any atom is -0.331 e. The number of aromatic nitrogens is 1. The second-order valence-electron chi connectivity index (χ2n) is 3.40. The molecule has 0 aliphatic heterocycles. The fraction of sp³-hybridized carbons (Fsp3) is 0.200. The molecular formula is C10H11N3OS. The van der Waals surface area contributed by atoms with E-state index in [-0.39, 0.29) is 6.03 Å². The molecule has 15 heavy (non-hydrogen) atoms. The van der Waals surface area contributed by atoms with E-state index in [0.29, 0.717) is 0 Å². The largest absolute Gasteiger partial charge is 0.331 e. The molecule has 78 valence electrons. The van der Waals surface area contributed by atoms with Crippen LogP contribution in [-0.2, 0) is 0 Å². The Morgan fingerprint density at radius 3 is 3.00 bits per heavy atom. The van der Waals surface area contributed by atoms with Crippen LogP contribution in [0, 0.1) is 0 Å². The third-order valence-corrected chi connectivity index (χ3v) is 2.79. The Labute approximate surface area is 91.7 Å². The topological polar surface area (TPSA) is 45.2 Å². The zero-order valence-electron chi connectivity index (χ0n) is 8.52. The second kappa shape index (κ2) is 3.86. The van der Waals surface area contributed by atoms with Gasteiger partial charge in [-0.05, 0) is 29.7 Å². The maximum Gasteiger partial charge on any atom is 0.321 e. The number of urea groups is 1. The van der Waals surface area contributed by atoms with Gasteiger partial charge < -0.3 is 10.2 Å². The zero-order valence-corrected chi connectivity index (χ0v) is 9.34. The molecule has 2 aromatic rings. The van der Waals surface area contributed by atoms with E-state index in [1.165, 1.54) is 16.4 Å². The van der Waals surface area contributed by atoms with E-state index in [2.05, 4.69) is 9.69 Å². The summed E-state index contributed by atoms with van der Waals surface area (Å²) < 4.78 is 5.20. The quantitative estimate of drug-likeness (QED) is 0.803. The number of nitrogens with zero attached hydrogens (tertiary/aromatic N) is 2. The summed E-state index contributed by atoms with van der Waals surface area (Å²) in [5.41, 5.74) is 0.793. The zero-order chi connectivity index (χ0) is 10.8. The van der Waals surface area contributed by atoms with Crippen molar-refractivity contribution in [3.63, 3.8) is 0 Å². The molecule has 5 heteroatoms. The first-order valence-electron chi connectivity index (χ1n) is 4.49. The van der Waals surface area contributed by atoms with Gasteiger partial charge in [-0.15, -0.1) is 0 Å². The SMILES string of the molecule is CN(C)C(=O)Nc1ccc2sncc2c1. The first-order valence-corrected chi connectivity index (χ1v) is 5.27. The van der Waals surface area contributed by atoms with Crippen LogP contribution < -0.4 is 5.32 Å². The summed E-state index contributed by atoms with van der Waals surface area (Å²) in [6, 6.07) is 5.62. The molecule has 1 N–H and O–H groups in total. The number of carbonyl (C=O) groups is 1. The average Bonchev–Trinajstić information content (AvgIpc) is 2.64. The second-order valence-corrected chi connectivity index (χ2v) is 4.24. The lowest BCUT2D eigenvalue weighted by molar-refractivity contribution is 0.230. The minimum atomic E-state index is -0.127. The molecule has 0 saturated carbocycles. The van der Waals surface area contributed by atoms with Crippen LogP contribution in [0.4, 0.5) is 10.5 Å². The molecule has 2 rings (SSSR count). The van der Waals surface area contributed by atoms with E-state index in [0.717, 1.165) is 15.8 Å². The molecule has 1 aromatic carbocycles. The number of fused-ring (bicyclic) bond motifs is 1. The van der Waals surface area contributed by atoms with Gasteiger partial charge in [0, 0.05) is 31.4 Å². The van der Waals surface area contributed by atoms with Crippen LogP contribution in [0.2, 0.25) is 0 Å². The first-order chi connectivity index (χ1) is 7.16. The molecule has 0 bridgehead atoms. The summed E-state index contributed by atoms with van der Waals surface area (Å²) in [5.74, 6) is 0. The predicted molar refractivity (Wildman–Crippen MR) is 62.3 cm³/mol. The Bertz CT molecular complexity index is 492. The molecule has 1 aromatic heterocycles. The highest BCUT2D eigenvalue weighted by Crippen LogP contribution is 2.21. The van der Waals surface area contributed by atoms with E-state index >= 15 is 0 Å². The fourth-order valence-corrected chi connectivity index (χ4v) is 1.81. The summed E-state index contributed by atoms with van der Waals surface area (Å²) in [7, 11) is 3.42. The van der Waals surface area contributed by atoms with Crippen molar-refractivity contribution in [3.8, 4) is 0 Å². The van der Waals surface area contributed by atoms with Crippen LogP contribution in [0.5, 0.6) is 0 Å². The number of benzene rings is 1. The maximum atomic E-state index is 11.4. The van der Waals surface area contributed by atoms with Gasteiger partial charge in [0.05, 0.1) is 4.70 Å². The Morgan fingerprint density at radius 2 is 2.27 bits per heavy atom. The molecule has 1 heterocycles. The highest BCUT2D eigenvalue weighted by Gasteiger charge is 2.04. The van der Waals surface area contributed by atoms with Crippen molar-refractivity contribution in [2.24, 2.45) is 0 Å². The minimum absolute atomic E-state index is 0.127. The fourth-order valence-electron chi connectivity index (χ4n) is 1.19. The van der Waals surface area contributed by atoms with Crippen LogP contribution in [0.1, 0.15) is 0 Å². The van der Waals surface area contributed by atoms with Gasteiger partial charge in [-0.3, -0.25) is 0 Å². The predicted octanol–water partition coefficient (Wildman–Crippen LogP) is 2.39. The molecule has 0 saturated heterocycles. The number of nitrogens with one attached hydrogen (secondary N) is 1.